The van der Waals surface area contributed by atoms with E-state index >= 15 is 0 Å². The highest BCUT2D eigenvalue weighted by Crippen LogP contribution is 2.34. The van der Waals surface area contributed by atoms with Crippen molar-refractivity contribution in [2.24, 2.45) is 4.99 Å². The maximum absolute atomic E-state index is 13.0. The normalized spacial score (nSPS) is 12.9. The van der Waals surface area contributed by atoms with E-state index in [1.165, 1.54) is 11.1 Å². The van der Waals surface area contributed by atoms with Gasteiger partial charge in [0, 0.05) is 17.0 Å². The molecule has 0 spiro atoms. The van der Waals surface area contributed by atoms with Crippen molar-refractivity contribution >= 4 is 23.6 Å². The maximum Gasteiger partial charge on any atom is 0.400 e. The third kappa shape index (κ3) is 5.51. The van der Waals surface area contributed by atoms with Gasteiger partial charge < -0.3 is 0 Å². The second-order valence-electron chi connectivity index (χ2n) is 9.36. The Balaban J connectivity index is 2.76. The van der Waals surface area contributed by atoms with Crippen LogP contribution in [-0.2, 0) is 4.79 Å². The van der Waals surface area contributed by atoms with E-state index in [1.807, 2.05) is 0 Å². The van der Waals surface area contributed by atoms with Crippen molar-refractivity contribution in [1.29, 1.82) is 0 Å². The van der Waals surface area contributed by atoms with Crippen molar-refractivity contribution in [3.05, 3.63) is 58.7 Å². The fourth-order valence-electron chi connectivity index (χ4n) is 3.97. The molecule has 3 nitrogen and oxygen atoms in total. The molecule has 0 fully saturated rings. The molecule has 1 N–H and O–H groups in total. The van der Waals surface area contributed by atoms with Gasteiger partial charge in [-0.15, -0.1) is 6.42 Å². The fraction of sp³-hybridized carbons (Fsp3) is 0.429. The standard InChI is InChI=1S/C28H36N2O/c1-10-26(31)30(28-24(20(6)7)15-12-16-25(28)21(8)9)17-29-27-22(18(2)3)13-11-14-23(27)19(4)5/h1,11-21H,2-9H3/p+1. The van der Waals surface area contributed by atoms with Crippen molar-refractivity contribution in [2.45, 2.75) is 79.1 Å². The molecule has 2 aromatic carbocycles. The van der Waals surface area contributed by atoms with Crippen molar-refractivity contribution in [3.8, 4) is 12.3 Å². The summed E-state index contributed by atoms with van der Waals surface area (Å²) in [7, 11) is 0. The molecule has 0 saturated carbocycles. The van der Waals surface area contributed by atoms with Gasteiger partial charge in [0.05, 0.1) is 5.69 Å². The van der Waals surface area contributed by atoms with Gasteiger partial charge in [0.2, 0.25) is 6.34 Å². The van der Waals surface area contributed by atoms with E-state index in [4.69, 9.17) is 11.4 Å². The highest BCUT2D eigenvalue weighted by Gasteiger charge is 2.28. The molecule has 0 aliphatic rings. The Bertz CT molecular complexity index is 938. The first kappa shape index (κ1) is 24.6. The second kappa shape index (κ2) is 10.6. The quantitative estimate of drug-likeness (QED) is 0.324. The number of terminal acetylenes is 1. The molecule has 0 aromatic heterocycles. The minimum atomic E-state index is -0.327. The Morgan fingerprint density at radius 1 is 0.806 bits per heavy atom. The van der Waals surface area contributed by atoms with Gasteiger partial charge in [-0.1, -0.05) is 91.8 Å². The van der Waals surface area contributed by atoms with Crippen LogP contribution in [0, 0.1) is 12.3 Å². The van der Waals surface area contributed by atoms with Crippen LogP contribution in [0.4, 0.5) is 11.4 Å². The lowest BCUT2D eigenvalue weighted by Crippen LogP contribution is -3.09. The topological polar surface area (TPSA) is 33.9 Å². The number of rotatable bonds is 7. The van der Waals surface area contributed by atoms with Crippen molar-refractivity contribution in [3.63, 3.8) is 0 Å². The van der Waals surface area contributed by atoms with Gasteiger partial charge >= 0.3 is 5.91 Å². The second-order valence-corrected chi connectivity index (χ2v) is 9.36. The molecule has 2 aromatic rings. The van der Waals surface area contributed by atoms with E-state index in [2.05, 4.69) is 97.7 Å². The first-order chi connectivity index (χ1) is 14.6. The summed E-state index contributed by atoms with van der Waals surface area (Å²) in [5, 5.41) is 0. The average molecular weight is 418 g/mol. The van der Waals surface area contributed by atoms with Crippen LogP contribution >= 0.6 is 0 Å². The van der Waals surface area contributed by atoms with Crippen LogP contribution in [0.3, 0.4) is 0 Å². The van der Waals surface area contributed by atoms with Crippen LogP contribution < -0.4 is 4.90 Å². The summed E-state index contributed by atoms with van der Waals surface area (Å²) in [6.07, 6.45) is 7.32. The van der Waals surface area contributed by atoms with Crippen LogP contribution in [0.1, 0.15) is 101 Å². The van der Waals surface area contributed by atoms with Gasteiger partial charge in [0.15, 0.2) is 5.69 Å². The molecular formula is C28H37N2O+. The molecule has 0 aliphatic carbocycles. The summed E-state index contributed by atoms with van der Waals surface area (Å²) >= 11 is 0. The number of nitrogens with one attached hydrogen (secondary N) is 1. The third-order valence-electron chi connectivity index (χ3n) is 5.68. The number of para-hydroxylation sites is 2. The molecule has 31 heavy (non-hydrogen) atoms. The van der Waals surface area contributed by atoms with E-state index in [0.29, 0.717) is 16.7 Å². The lowest BCUT2D eigenvalue weighted by atomic mass is 9.92. The minimum Gasteiger partial charge on any atom is -0.216 e. The number of carbonyl (C=O) groups is 1. The zero-order valence-corrected chi connectivity index (χ0v) is 20.3. The Kier molecular flexibility index (Phi) is 8.36. The van der Waals surface area contributed by atoms with Gasteiger partial charge in [-0.3, -0.25) is 0 Å². The number of benzene rings is 2. The third-order valence-corrected chi connectivity index (χ3v) is 5.68. The predicted octanol–water partition coefficient (Wildman–Crippen LogP) is 6.22. The van der Waals surface area contributed by atoms with Gasteiger partial charge in [-0.05, 0) is 34.8 Å². The minimum absolute atomic E-state index is 0.261. The summed E-state index contributed by atoms with van der Waals surface area (Å²) in [5.74, 6) is 3.19. The number of hydrogen-bond acceptors (Lipinski definition) is 2. The molecule has 1 unspecified atom stereocenters. The van der Waals surface area contributed by atoms with Gasteiger partial charge in [0.25, 0.3) is 0 Å². The number of aliphatic imine (C=N–C) groups is 1. The largest absolute Gasteiger partial charge is 0.400 e. The predicted molar refractivity (Wildman–Crippen MR) is 132 cm³/mol. The van der Waals surface area contributed by atoms with E-state index in [1.54, 1.807) is 6.34 Å². The lowest BCUT2D eigenvalue weighted by molar-refractivity contribution is -0.630. The lowest BCUT2D eigenvalue weighted by Gasteiger charge is -2.21. The summed E-state index contributed by atoms with van der Waals surface area (Å²) < 4.78 is 0. The van der Waals surface area contributed by atoms with Crippen LogP contribution in [0.2, 0.25) is 0 Å². The number of amides is 1. The molecule has 1 amide bonds. The Morgan fingerprint density at radius 2 is 1.19 bits per heavy atom. The maximum atomic E-state index is 13.0. The number of carbonyl (C=O) groups excluding carboxylic acids is 1. The highest BCUT2D eigenvalue weighted by atomic mass is 16.2. The van der Waals surface area contributed by atoms with E-state index in [9.17, 15) is 4.79 Å². The molecule has 0 bridgehead atoms. The van der Waals surface area contributed by atoms with Crippen LogP contribution in [0.5, 0.6) is 0 Å². The van der Waals surface area contributed by atoms with Gasteiger partial charge in [-0.25, -0.2) is 9.79 Å². The van der Waals surface area contributed by atoms with Gasteiger partial charge in [0.1, 0.15) is 0 Å². The van der Waals surface area contributed by atoms with Gasteiger partial charge in [-0.2, -0.15) is 4.90 Å². The van der Waals surface area contributed by atoms with Crippen LogP contribution in [0.15, 0.2) is 41.4 Å². The Labute approximate surface area is 188 Å². The molecule has 164 valence electrons. The monoisotopic (exact) mass is 417 g/mol. The van der Waals surface area contributed by atoms with Crippen molar-refractivity contribution in [2.75, 3.05) is 0 Å². The molecule has 0 aliphatic heterocycles. The number of hydrogen-bond donors (Lipinski definition) is 1. The fourth-order valence-corrected chi connectivity index (χ4v) is 3.97. The first-order valence-corrected chi connectivity index (χ1v) is 11.3. The molecule has 0 saturated heterocycles. The van der Waals surface area contributed by atoms with Crippen molar-refractivity contribution in [1.82, 2.24) is 0 Å². The molecule has 1 atom stereocenters. The summed E-state index contributed by atoms with van der Waals surface area (Å²) in [5.41, 5.74) is 6.48. The Morgan fingerprint density at radius 3 is 1.55 bits per heavy atom. The SMILES string of the molecule is C#CC(=O)[NH+](C=Nc1c(C(C)C)cccc1C(C)C)c1c(C(C)C)cccc1C(C)C. The van der Waals surface area contributed by atoms with E-state index in [0.717, 1.165) is 22.5 Å². The average Bonchev–Trinajstić information content (AvgIpc) is 2.72. The summed E-state index contributed by atoms with van der Waals surface area (Å²) in [6, 6.07) is 12.6. The zero-order chi connectivity index (χ0) is 23.3. The number of quaternary nitrogens is 1. The molecular weight excluding hydrogens is 380 g/mol. The zero-order valence-electron chi connectivity index (χ0n) is 20.3. The molecule has 0 heterocycles. The van der Waals surface area contributed by atoms with Crippen LogP contribution in [-0.4, -0.2) is 12.2 Å². The summed E-state index contributed by atoms with van der Waals surface area (Å²) in [6.45, 7) is 17.2. The highest BCUT2D eigenvalue weighted by molar-refractivity contribution is 5.92. The molecule has 3 heteroatoms. The Hall–Kier alpha value is -2.70. The van der Waals surface area contributed by atoms with E-state index in [-0.39, 0.29) is 17.7 Å². The molecule has 2 rings (SSSR count). The van der Waals surface area contributed by atoms with Crippen LogP contribution in [0.25, 0.3) is 0 Å². The van der Waals surface area contributed by atoms with Crippen molar-refractivity contribution < 1.29 is 9.69 Å². The number of nitrogens with zero attached hydrogens (tertiary/aromatic N) is 1. The summed E-state index contributed by atoms with van der Waals surface area (Å²) in [4.78, 5) is 18.4. The smallest absolute Gasteiger partial charge is 0.216 e. The molecule has 0 radical (unpaired) electrons. The van der Waals surface area contributed by atoms with E-state index < -0.39 is 0 Å². The first-order valence-electron chi connectivity index (χ1n) is 11.3.